The molecule has 1 aromatic carbocycles. The van der Waals surface area contributed by atoms with E-state index in [0.717, 1.165) is 41.3 Å². The molecule has 2 aliphatic rings. The minimum atomic E-state index is -0.764. The molecule has 0 bridgehead atoms. The number of carbonyl (C=O) groups is 1. The SMILES string of the molecule is Cn1cc(-c2ccc3cnc(NC(=O)N4CN5CCCC5C4O)cc3c2)cn1. The number of hydrogen-bond donors (Lipinski definition) is 2. The smallest absolute Gasteiger partial charge is 0.326 e. The number of aliphatic hydroxyl groups is 1. The Morgan fingerprint density at radius 2 is 2.11 bits per heavy atom. The predicted octanol–water partition coefficient (Wildman–Crippen LogP) is 2.22. The molecule has 2 atom stereocenters. The molecular weight excluding hydrogens is 356 g/mol. The highest BCUT2D eigenvalue weighted by molar-refractivity contribution is 5.93. The summed E-state index contributed by atoms with van der Waals surface area (Å²) in [6.07, 6.45) is 6.77. The summed E-state index contributed by atoms with van der Waals surface area (Å²) < 4.78 is 1.77. The van der Waals surface area contributed by atoms with Crippen LogP contribution in [0.25, 0.3) is 21.9 Å². The number of urea groups is 1. The Balaban J connectivity index is 1.38. The summed E-state index contributed by atoms with van der Waals surface area (Å²) >= 11 is 0. The number of fused-ring (bicyclic) bond motifs is 2. The van der Waals surface area contributed by atoms with E-state index in [1.807, 2.05) is 37.6 Å². The van der Waals surface area contributed by atoms with Gasteiger partial charge in [0.1, 0.15) is 12.0 Å². The zero-order chi connectivity index (χ0) is 19.3. The molecule has 2 unspecified atom stereocenters. The Labute approximate surface area is 162 Å². The van der Waals surface area contributed by atoms with E-state index < -0.39 is 6.23 Å². The number of hydrogen-bond acceptors (Lipinski definition) is 5. The second-order valence-electron chi connectivity index (χ2n) is 7.51. The fourth-order valence-corrected chi connectivity index (χ4v) is 4.18. The quantitative estimate of drug-likeness (QED) is 0.714. The Bertz CT molecular complexity index is 1050. The molecule has 2 N–H and O–H groups in total. The zero-order valence-corrected chi connectivity index (χ0v) is 15.6. The first-order valence-electron chi connectivity index (χ1n) is 9.47. The summed E-state index contributed by atoms with van der Waals surface area (Å²) in [5.41, 5.74) is 2.09. The van der Waals surface area contributed by atoms with Crippen molar-refractivity contribution < 1.29 is 9.90 Å². The van der Waals surface area contributed by atoms with Gasteiger partial charge in [-0.25, -0.2) is 9.78 Å². The molecule has 5 rings (SSSR count). The number of carbonyl (C=O) groups excluding carboxylic acids is 1. The van der Waals surface area contributed by atoms with Crippen LogP contribution >= 0.6 is 0 Å². The zero-order valence-electron chi connectivity index (χ0n) is 15.6. The number of nitrogens with zero attached hydrogens (tertiary/aromatic N) is 5. The Hall–Kier alpha value is -2.97. The number of benzene rings is 1. The molecule has 8 nitrogen and oxygen atoms in total. The van der Waals surface area contributed by atoms with Crippen LogP contribution in [0.3, 0.4) is 0 Å². The second-order valence-corrected chi connectivity index (χ2v) is 7.51. The lowest BCUT2D eigenvalue weighted by Crippen LogP contribution is -2.42. The van der Waals surface area contributed by atoms with Crippen molar-refractivity contribution >= 4 is 22.6 Å². The summed E-state index contributed by atoms with van der Waals surface area (Å²) in [5, 5.41) is 19.5. The van der Waals surface area contributed by atoms with Gasteiger partial charge in [-0.05, 0) is 35.9 Å². The first-order chi connectivity index (χ1) is 13.6. The number of aromatic nitrogens is 3. The molecule has 2 aromatic heterocycles. The standard InChI is InChI=1S/C20H22N6O2/c1-24-11-16(10-22-24)13-4-5-14-9-21-18(8-15(14)7-13)23-20(28)26-12-25-6-2-3-17(25)19(26)27/h4-5,7-11,17,19,27H,2-3,6,12H2,1H3,(H,21,23,28). The van der Waals surface area contributed by atoms with Crippen LogP contribution in [-0.4, -0.2) is 61.2 Å². The molecule has 2 fully saturated rings. The van der Waals surface area contributed by atoms with Gasteiger partial charge in [0.05, 0.1) is 18.9 Å². The van der Waals surface area contributed by atoms with Crippen LogP contribution in [0.15, 0.2) is 42.9 Å². The highest BCUT2D eigenvalue weighted by atomic mass is 16.3. The van der Waals surface area contributed by atoms with E-state index in [2.05, 4.69) is 26.4 Å². The van der Waals surface area contributed by atoms with Gasteiger partial charge in [0, 0.05) is 36.9 Å². The maximum absolute atomic E-state index is 12.7. The van der Waals surface area contributed by atoms with Gasteiger partial charge in [-0.1, -0.05) is 12.1 Å². The molecule has 3 aromatic rings. The Morgan fingerprint density at radius 3 is 2.89 bits per heavy atom. The van der Waals surface area contributed by atoms with E-state index in [1.165, 1.54) is 4.90 Å². The molecule has 2 saturated heterocycles. The molecule has 144 valence electrons. The fourth-order valence-electron chi connectivity index (χ4n) is 4.18. The van der Waals surface area contributed by atoms with E-state index in [1.54, 1.807) is 10.9 Å². The minimum absolute atomic E-state index is 0.0531. The number of aliphatic hydroxyl groups excluding tert-OH is 1. The number of anilines is 1. The predicted molar refractivity (Wildman–Crippen MR) is 105 cm³/mol. The summed E-state index contributed by atoms with van der Waals surface area (Å²) in [4.78, 5) is 20.6. The Kier molecular flexibility index (Phi) is 4.03. The van der Waals surface area contributed by atoms with Crippen LogP contribution in [0.5, 0.6) is 0 Å². The molecule has 2 amide bonds. The molecular formula is C20H22N6O2. The lowest BCUT2D eigenvalue weighted by atomic mass is 10.1. The molecule has 0 spiro atoms. The third-order valence-electron chi connectivity index (χ3n) is 5.67. The average Bonchev–Trinajstić information content (AvgIpc) is 3.39. The molecule has 28 heavy (non-hydrogen) atoms. The molecule has 2 aliphatic heterocycles. The lowest BCUT2D eigenvalue weighted by Gasteiger charge is -2.21. The van der Waals surface area contributed by atoms with Crippen molar-refractivity contribution in [1.29, 1.82) is 0 Å². The van der Waals surface area contributed by atoms with Crippen molar-refractivity contribution in [3.63, 3.8) is 0 Å². The Morgan fingerprint density at radius 1 is 1.21 bits per heavy atom. The van der Waals surface area contributed by atoms with Crippen molar-refractivity contribution in [2.24, 2.45) is 7.05 Å². The van der Waals surface area contributed by atoms with Gasteiger partial charge in [-0.2, -0.15) is 5.10 Å². The van der Waals surface area contributed by atoms with Crippen molar-refractivity contribution in [3.8, 4) is 11.1 Å². The topological polar surface area (TPSA) is 86.5 Å². The van der Waals surface area contributed by atoms with Gasteiger partial charge >= 0.3 is 6.03 Å². The second kappa shape index (κ2) is 6.57. The van der Waals surface area contributed by atoms with E-state index in [4.69, 9.17) is 0 Å². The summed E-state index contributed by atoms with van der Waals surface area (Å²) in [6, 6.07) is 7.69. The largest absolute Gasteiger partial charge is 0.372 e. The molecule has 4 heterocycles. The van der Waals surface area contributed by atoms with Crippen LogP contribution in [0.4, 0.5) is 10.6 Å². The maximum atomic E-state index is 12.7. The van der Waals surface area contributed by atoms with E-state index in [9.17, 15) is 9.90 Å². The number of pyridine rings is 1. The van der Waals surface area contributed by atoms with Crippen molar-refractivity contribution in [3.05, 3.63) is 42.9 Å². The third kappa shape index (κ3) is 2.90. The summed E-state index contributed by atoms with van der Waals surface area (Å²) in [7, 11) is 1.89. The van der Waals surface area contributed by atoms with Crippen LogP contribution in [-0.2, 0) is 7.05 Å². The first-order valence-corrected chi connectivity index (χ1v) is 9.47. The van der Waals surface area contributed by atoms with Gasteiger partial charge in [-0.15, -0.1) is 0 Å². The fraction of sp³-hybridized carbons (Fsp3) is 0.350. The minimum Gasteiger partial charge on any atom is -0.372 e. The molecule has 8 heteroatoms. The van der Waals surface area contributed by atoms with Crippen molar-refractivity contribution in [2.45, 2.75) is 25.1 Å². The number of rotatable bonds is 2. The summed E-state index contributed by atoms with van der Waals surface area (Å²) in [6.45, 7) is 1.38. The van der Waals surface area contributed by atoms with Gasteiger partial charge in [-0.3, -0.25) is 19.8 Å². The van der Waals surface area contributed by atoms with Gasteiger partial charge < -0.3 is 5.11 Å². The summed E-state index contributed by atoms with van der Waals surface area (Å²) in [5.74, 6) is 0.472. The van der Waals surface area contributed by atoms with E-state index in [0.29, 0.717) is 12.5 Å². The number of amides is 2. The molecule has 0 saturated carbocycles. The van der Waals surface area contributed by atoms with Crippen molar-refractivity contribution in [2.75, 3.05) is 18.5 Å². The average molecular weight is 378 g/mol. The number of nitrogens with one attached hydrogen (secondary N) is 1. The van der Waals surface area contributed by atoms with Gasteiger partial charge in [0.25, 0.3) is 0 Å². The third-order valence-corrected chi connectivity index (χ3v) is 5.67. The number of aryl methyl sites for hydroxylation is 1. The molecule has 0 radical (unpaired) electrons. The van der Waals surface area contributed by atoms with Crippen LogP contribution in [0.2, 0.25) is 0 Å². The molecule has 0 aliphatic carbocycles. The van der Waals surface area contributed by atoms with Gasteiger partial charge in [0.2, 0.25) is 0 Å². The highest BCUT2D eigenvalue weighted by Gasteiger charge is 2.43. The van der Waals surface area contributed by atoms with E-state index in [-0.39, 0.29) is 12.1 Å². The van der Waals surface area contributed by atoms with Crippen LogP contribution in [0.1, 0.15) is 12.8 Å². The van der Waals surface area contributed by atoms with E-state index >= 15 is 0 Å². The normalized spacial score (nSPS) is 22.0. The van der Waals surface area contributed by atoms with Crippen LogP contribution in [0, 0.1) is 0 Å². The maximum Gasteiger partial charge on any atom is 0.326 e. The van der Waals surface area contributed by atoms with Crippen molar-refractivity contribution in [1.82, 2.24) is 24.6 Å². The monoisotopic (exact) mass is 378 g/mol. The lowest BCUT2D eigenvalue weighted by molar-refractivity contribution is 0.0519. The first kappa shape index (κ1) is 17.2. The van der Waals surface area contributed by atoms with Gasteiger partial charge in [0.15, 0.2) is 0 Å². The van der Waals surface area contributed by atoms with Crippen LogP contribution < -0.4 is 5.32 Å². The highest BCUT2D eigenvalue weighted by Crippen LogP contribution is 2.29.